The molecule has 0 atom stereocenters. The van der Waals surface area contributed by atoms with E-state index >= 15 is 0 Å². The lowest BCUT2D eigenvalue weighted by atomic mass is 10.3. The second-order valence-electron chi connectivity index (χ2n) is 12.7. The molecule has 1 aliphatic heterocycles. The molecule has 0 bridgehead atoms. The summed E-state index contributed by atoms with van der Waals surface area (Å²) in [5, 5.41) is 2.81. The van der Waals surface area contributed by atoms with Crippen molar-refractivity contribution in [2.24, 2.45) is 0 Å². The normalized spacial score (nSPS) is 15.8. The molecule has 0 fully saturated rings. The van der Waals surface area contributed by atoms with E-state index in [2.05, 4.69) is 4.40 Å². The number of hydrogen-bond acceptors (Lipinski definition) is 5. The SMILES string of the molecule is [2H]C([2H])([2H])[Si]1(C([2H])([2H])[2H])c2ccccc2Oc2c([Si](c3ccccc3)(c3ccccc3)c3ncnc(-n4c5ccccc5n5c6ccccc6nc45)n3)cccc21. The van der Waals surface area contributed by atoms with Crippen LogP contribution in [0.2, 0.25) is 13.0 Å². The van der Waals surface area contributed by atoms with Gasteiger partial charge < -0.3 is 4.74 Å². The summed E-state index contributed by atoms with van der Waals surface area (Å²) in [5.74, 6) is 1.42. The highest BCUT2D eigenvalue weighted by Crippen LogP contribution is 2.30. The van der Waals surface area contributed by atoms with Crippen LogP contribution in [0.25, 0.3) is 33.8 Å². The van der Waals surface area contributed by atoms with Gasteiger partial charge in [-0.05, 0) is 51.1 Å². The molecule has 0 spiro atoms. The zero-order valence-electron chi connectivity index (χ0n) is 33.1. The van der Waals surface area contributed by atoms with Gasteiger partial charge in [0.25, 0.3) is 0 Å². The van der Waals surface area contributed by atoms with Crippen LogP contribution in [0, 0.1) is 0 Å². The van der Waals surface area contributed by atoms with E-state index in [1.54, 1.807) is 36.4 Å². The Morgan fingerprint density at radius 3 is 2.02 bits per heavy atom. The minimum Gasteiger partial charge on any atom is -0.458 e. The van der Waals surface area contributed by atoms with Gasteiger partial charge in [0.1, 0.15) is 31.3 Å². The van der Waals surface area contributed by atoms with Crippen molar-refractivity contribution in [3.63, 3.8) is 0 Å². The minimum atomic E-state index is -4.64. The van der Waals surface area contributed by atoms with Crippen molar-refractivity contribution in [1.82, 2.24) is 28.9 Å². The Balaban J connectivity index is 1.34. The molecule has 4 heterocycles. The van der Waals surface area contributed by atoms with Crippen molar-refractivity contribution in [2.45, 2.75) is 13.0 Å². The number of benzene rings is 6. The largest absolute Gasteiger partial charge is 0.458 e. The number of rotatable bonds is 5. The average Bonchev–Trinajstić information content (AvgIpc) is 3.75. The number of aromatic nitrogens is 6. The molecule has 0 amide bonds. The fraction of sp³-hybridized carbons (Fsp3) is 0.0476. The molecule has 0 aliphatic carbocycles. The molecule has 0 saturated heterocycles. The molecular formula is C42H32N6OSi2. The van der Waals surface area contributed by atoms with Gasteiger partial charge in [0.2, 0.25) is 19.8 Å². The zero-order valence-corrected chi connectivity index (χ0v) is 29.1. The maximum Gasteiger partial charge on any atom is 0.239 e. The Morgan fingerprint density at radius 2 is 1.25 bits per heavy atom. The van der Waals surface area contributed by atoms with Crippen molar-refractivity contribution in [3.8, 4) is 17.4 Å². The maximum atomic E-state index is 9.04. The highest BCUT2D eigenvalue weighted by molar-refractivity contribution is 7.20. The second-order valence-corrected chi connectivity index (χ2v) is 18.9. The Hall–Kier alpha value is -6.17. The summed E-state index contributed by atoms with van der Waals surface area (Å²) >= 11 is 0. The van der Waals surface area contributed by atoms with Gasteiger partial charge in [-0.25, -0.2) is 24.5 Å². The predicted molar refractivity (Wildman–Crippen MR) is 210 cm³/mol. The van der Waals surface area contributed by atoms with Gasteiger partial charge in [-0.2, -0.15) is 0 Å². The maximum absolute atomic E-state index is 9.04. The Kier molecular flexibility index (Phi) is 5.27. The fourth-order valence-corrected chi connectivity index (χ4v) is 14.3. The first kappa shape index (κ1) is 24.1. The summed E-state index contributed by atoms with van der Waals surface area (Å²) in [6.07, 6.45) is 1.51. The Labute approximate surface area is 305 Å². The molecule has 6 aromatic carbocycles. The molecule has 0 unspecified atom stereocenters. The summed E-state index contributed by atoms with van der Waals surface area (Å²) in [4.78, 5) is 20.2. The summed E-state index contributed by atoms with van der Waals surface area (Å²) in [6.45, 7) is -5.74. The van der Waals surface area contributed by atoms with E-state index in [0.717, 1.165) is 32.4 Å². The molecule has 244 valence electrons. The number of fused-ring (bicyclic) bond motifs is 7. The summed E-state index contributed by atoms with van der Waals surface area (Å²) in [5.41, 5.74) is 3.99. The lowest BCUT2D eigenvalue weighted by Gasteiger charge is -2.38. The van der Waals surface area contributed by atoms with Crippen molar-refractivity contribution in [1.29, 1.82) is 0 Å². The van der Waals surface area contributed by atoms with Crippen LogP contribution in [-0.4, -0.2) is 45.1 Å². The number of hydrogen-bond donors (Lipinski definition) is 0. The van der Waals surface area contributed by atoms with Crippen LogP contribution in [-0.2, 0) is 0 Å². The number of ether oxygens (including phenoxy) is 1. The molecule has 7 nitrogen and oxygen atoms in total. The number of imidazole rings is 2. The van der Waals surface area contributed by atoms with Crippen LogP contribution in [0.15, 0.2) is 158 Å². The average molecular weight is 699 g/mol. The first-order valence-corrected chi connectivity index (χ1v) is 20.7. The van der Waals surface area contributed by atoms with Crippen molar-refractivity contribution >= 4 is 75.4 Å². The molecule has 9 aromatic rings. The Bertz CT molecular complexity index is 2950. The highest BCUT2D eigenvalue weighted by atomic mass is 28.3. The lowest BCUT2D eigenvalue weighted by molar-refractivity contribution is 0.490. The molecule has 10 rings (SSSR count). The van der Waals surface area contributed by atoms with Crippen LogP contribution in [0.5, 0.6) is 11.5 Å². The van der Waals surface area contributed by atoms with E-state index in [-0.39, 0.29) is 21.9 Å². The summed E-state index contributed by atoms with van der Waals surface area (Å²) in [7, 11) is -8.41. The van der Waals surface area contributed by atoms with Gasteiger partial charge in [0, 0.05) is 13.4 Å². The van der Waals surface area contributed by atoms with Crippen LogP contribution in [0.3, 0.4) is 0 Å². The van der Waals surface area contributed by atoms with Gasteiger partial charge in [-0.1, -0.05) is 134 Å². The van der Waals surface area contributed by atoms with Crippen LogP contribution in [0.1, 0.15) is 8.22 Å². The summed E-state index contributed by atoms with van der Waals surface area (Å²) < 4.78 is 65.1. The van der Waals surface area contributed by atoms with E-state index in [1.807, 2.05) is 120 Å². The van der Waals surface area contributed by atoms with E-state index in [0.29, 0.717) is 22.4 Å². The van der Waals surface area contributed by atoms with Crippen molar-refractivity contribution in [2.75, 3.05) is 0 Å². The third-order valence-corrected chi connectivity index (χ3v) is 16.9. The third-order valence-electron chi connectivity index (χ3n) is 9.94. The van der Waals surface area contributed by atoms with Gasteiger partial charge in [-0.15, -0.1) is 0 Å². The third kappa shape index (κ3) is 4.22. The monoisotopic (exact) mass is 698 g/mol. The lowest BCUT2D eigenvalue weighted by Crippen LogP contribution is -2.77. The molecule has 0 N–H and O–H groups in total. The van der Waals surface area contributed by atoms with Gasteiger partial charge in [0.15, 0.2) is 0 Å². The van der Waals surface area contributed by atoms with Gasteiger partial charge in [-0.3, -0.25) is 4.40 Å². The minimum absolute atomic E-state index is 0.193. The van der Waals surface area contributed by atoms with Crippen LogP contribution in [0.4, 0.5) is 0 Å². The fourth-order valence-electron chi connectivity index (χ4n) is 7.71. The molecule has 51 heavy (non-hydrogen) atoms. The second kappa shape index (κ2) is 11.2. The van der Waals surface area contributed by atoms with E-state index in [9.17, 15) is 0 Å². The van der Waals surface area contributed by atoms with Crippen molar-refractivity contribution < 1.29 is 13.0 Å². The van der Waals surface area contributed by atoms with Crippen LogP contribution < -0.4 is 36.1 Å². The quantitative estimate of drug-likeness (QED) is 0.189. The first-order valence-electron chi connectivity index (χ1n) is 19.7. The number of nitrogens with zero attached hydrogens (tertiary/aromatic N) is 6. The number of para-hydroxylation sites is 6. The zero-order chi connectivity index (χ0) is 39.2. The first-order chi connectivity index (χ1) is 27.6. The topological polar surface area (TPSA) is 70.1 Å². The molecule has 3 aromatic heterocycles. The molecule has 1 aliphatic rings. The molecular weight excluding hydrogens is 661 g/mol. The van der Waals surface area contributed by atoms with Crippen LogP contribution >= 0.6 is 0 Å². The van der Waals surface area contributed by atoms with Crippen molar-refractivity contribution in [3.05, 3.63) is 158 Å². The standard InChI is InChI=1S/C42H32N6OSi2/c1-50(2)36-25-14-13-24-35(36)49-39-37(50)26-15-27-38(39)51(29-16-5-3-6-17-29,30-18-7-4-8-19-30)41-44-28-43-40(46-41)48-34-23-12-11-22-33(34)47-32-21-10-9-20-31(32)45-42(47)48/h3-28H,1-2H3/i1D3,2D3. The van der Waals surface area contributed by atoms with E-state index < -0.39 is 29.1 Å². The van der Waals surface area contributed by atoms with E-state index in [1.165, 1.54) is 6.33 Å². The molecule has 9 heteroatoms. The molecule has 0 saturated carbocycles. The smallest absolute Gasteiger partial charge is 0.239 e. The predicted octanol–water partition coefficient (Wildman–Crippen LogP) is 4.92. The summed E-state index contributed by atoms with van der Waals surface area (Å²) in [6, 6.07) is 47.8. The van der Waals surface area contributed by atoms with Gasteiger partial charge >= 0.3 is 0 Å². The highest BCUT2D eigenvalue weighted by Gasteiger charge is 2.49. The Morgan fingerprint density at radius 1 is 0.608 bits per heavy atom. The van der Waals surface area contributed by atoms with Gasteiger partial charge in [0.05, 0.1) is 22.1 Å². The van der Waals surface area contributed by atoms with E-state index in [4.69, 9.17) is 32.9 Å². The molecule has 0 radical (unpaired) electrons.